The second-order valence-corrected chi connectivity index (χ2v) is 5.88. The van der Waals surface area contributed by atoms with Gasteiger partial charge < -0.3 is 9.26 Å². The lowest BCUT2D eigenvalue weighted by Gasteiger charge is -2.09. The van der Waals surface area contributed by atoms with Crippen molar-refractivity contribution in [3.8, 4) is 11.5 Å². The number of aromatic nitrogens is 4. The highest BCUT2D eigenvalue weighted by Crippen LogP contribution is 2.29. The maximum atomic E-state index is 12.5. The van der Waals surface area contributed by atoms with Crippen molar-refractivity contribution in [2.75, 3.05) is 5.32 Å². The molecule has 0 bridgehead atoms. The van der Waals surface area contributed by atoms with Crippen molar-refractivity contribution in [1.82, 2.24) is 20.1 Å². The summed E-state index contributed by atoms with van der Waals surface area (Å²) >= 11 is 0. The summed E-state index contributed by atoms with van der Waals surface area (Å²) < 4.78 is 46.9. The van der Waals surface area contributed by atoms with E-state index in [1.54, 1.807) is 19.3 Å². The SMILES string of the molecule is Cc1cncc(COC(=O)Nc2cnc(-c3noc(C(F)(F)F)n3)cc2C)c1. The first-order chi connectivity index (χ1) is 13.2. The van der Waals surface area contributed by atoms with Crippen LogP contribution >= 0.6 is 0 Å². The fourth-order valence-electron chi connectivity index (χ4n) is 2.24. The molecule has 0 aromatic carbocycles. The molecule has 11 heteroatoms. The summed E-state index contributed by atoms with van der Waals surface area (Å²) in [4.78, 5) is 23.2. The lowest BCUT2D eigenvalue weighted by atomic mass is 10.2. The number of nitrogens with zero attached hydrogens (tertiary/aromatic N) is 4. The number of pyridine rings is 2. The zero-order valence-corrected chi connectivity index (χ0v) is 14.7. The Hall–Kier alpha value is -3.50. The second-order valence-electron chi connectivity index (χ2n) is 5.88. The number of anilines is 1. The first kappa shape index (κ1) is 19.3. The van der Waals surface area contributed by atoms with E-state index in [2.05, 4.69) is 29.9 Å². The molecule has 0 aliphatic rings. The molecule has 0 fully saturated rings. The summed E-state index contributed by atoms with van der Waals surface area (Å²) in [6.07, 6.45) is -0.913. The Labute approximate surface area is 156 Å². The number of aryl methyl sites for hydroxylation is 2. The van der Waals surface area contributed by atoms with Gasteiger partial charge in [-0.2, -0.15) is 18.2 Å². The average molecular weight is 393 g/mol. The Bertz CT molecular complexity index is 1000. The van der Waals surface area contributed by atoms with E-state index in [-0.39, 0.29) is 18.1 Å². The molecule has 1 amide bonds. The summed E-state index contributed by atoms with van der Waals surface area (Å²) in [6, 6.07) is 3.26. The Morgan fingerprint density at radius 1 is 1.21 bits per heavy atom. The van der Waals surface area contributed by atoms with Gasteiger partial charge in [0.05, 0.1) is 11.9 Å². The van der Waals surface area contributed by atoms with Crippen LogP contribution in [0.1, 0.15) is 22.6 Å². The maximum Gasteiger partial charge on any atom is 0.471 e. The molecule has 0 aliphatic carbocycles. The first-order valence-corrected chi connectivity index (χ1v) is 7.94. The van der Waals surface area contributed by atoms with E-state index in [4.69, 9.17) is 4.74 Å². The van der Waals surface area contributed by atoms with Gasteiger partial charge in [0, 0.05) is 18.0 Å². The van der Waals surface area contributed by atoms with Crippen LogP contribution in [0.2, 0.25) is 0 Å². The van der Waals surface area contributed by atoms with E-state index in [0.29, 0.717) is 11.3 Å². The minimum atomic E-state index is -4.74. The molecule has 0 unspecified atom stereocenters. The highest BCUT2D eigenvalue weighted by molar-refractivity contribution is 5.85. The summed E-state index contributed by atoms with van der Waals surface area (Å²) in [7, 11) is 0. The number of carbonyl (C=O) groups excluding carboxylic acids is 1. The van der Waals surface area contributed by atoms with Crippen LogP contribution in [0.4, 0.5) is 23.7 Å². The number of hydrogen-bond donors (Lipinski definition) is 1. The third-order valence-corrected chi connectivity index (χ3v) is 3.55. The van der Waals surface area contributed by atoms with Crippen molar-refractivity contribution < 1.29 is 27.2 Å². The predicted octanol–water partition coefficient (Wildman–Crippen LogP) is 3.91. The van der Waals surface area contributed by atoms with Gasteiger partial charge in [-0.25, -0.2) is 4.79 Å². The van der Waals surface area contributed by atoms with Crippen LogP contribution in [-0.4, -0.2) is 26.2 Å². The Morgan fingerprint density at radius 2 is 2.00 bits per heavy atom. The van der Waals surface area contributed by atoms with E-state index in [9.17, 15) is 18.0 Å². The van der Waals surface area contributed by atoms with Crippen LogP contribution in [0.3, 0.4) is 0 Å². The normalized spacial score (nSPS) is 11.3. The van der Waals surface area contributed by atoms with Crippen LogP contribution in [-0.2, 0) is 17.5 Å². The lowest BCUT2D eigenvalue weighted by Crippen LogP contribution is -2.14. The predicted molar refractivity (Wildman–Crippen MR) is 90.0 cm³/mol. The van der Waals surface area contributed by atoms with Gasteiger partial charge in [0.15, 0.2) is 0 Å². The number of rotatable bonds is 4. The van der Waals surface area contributed by atoms with Crippen LogP contribution < -0.4 is 5.32 Å². The summed E-state index contributed by atoms with van der Waals surface area (Å²) in [6.45, 7) is 3.54. The van der Waals surface area contributed by atoms with Crippen molar-refractivity contribution in [2.24, 2.45) is 0 Å². The quantitative estimate of drug-likeness (QED) is 0.717. The van der Waals surface area contributed by atoms with Crippen molar-refractivity contribution in [3.63, 3.8) is 0 Å². The number of halogens is 3. The fourth-order valence-corrected chi connectivity index (χ4v) is 2.24. The second kappa shape index (κ2) is 7.62. The summed E-state index contributed by atoms with van der Waals surface area (Å²) in [5, 5.41) is 5.78. The number of hydrogen-bond acceptors (Lipinski definition) is 7. The van der Waals surface area contributed by atoms with Gasteiger partial charge in [-0.05, 0) is 37.1 Å². The van der Waals surface area contributed by atoms with E-state index in [1.165, 1.54) is 12.3 Å². The molecule has 3 aromatic heterocycles. The van der Waals surface area contributed by atoms with E-state index in [0.717, 1.165) is 11.1 Å². The number of alkyl halides is 3. The fraction of sp³-hybridized carbons (Fsp3) is 0.235. The minimum Gasteiger partial charge on any atom is -0.444 e. The molecule has 8 nitrogen and oxygen atoms in total. The Kier molecular flexibility index (Phi) is 5.25. The van der Waals surface area contributed by atoms with Gasteiger partial charge in [0.2, 0.25) is 5.82 Å². The van der Waals surface area contributed by atoms with Gasteiger partial charge in [0.1, 0.15) is 12.3 Å². The van der Waals surface area contributed by atoms with Gasteiger partial charge in [-0.15, -0.1) is 0 Å². The van der Waals surface area contributed by atoms with Crippen molar-refractivity contribution in [2.45, 2.75) is 26.6 Å². The van der Waals surface area contributed by atoms with Crippen LogP contribution in [0, 0.1) is 13.8 Å². The van der Waals surface area contributed by atoms with Crippen LogP contribution in [0.15, 0.2) is 35.2 Å². The smallest absolute Gasteiger partial charge is 0.444 e. The third kappa shape index (κ3) is 4.61. The highest BCUT2D eigenvalue weighted by atomic mass is 19.4. The Balaban J connectivity index is 1.65. The van der Waals surface area contributed by atoms with Gasteiger partial charge in [-0.3, -0.25) is 15.3 Å². The van der Waals surface area contributed by atoms with Crippen LogP contribution in [0.5, 0.6) is 0 Å². The lowest BCUT2D eigenvalue weighted by molar-refractivity contribution is -0.159. The number of ether oxygens (including phenoxy) is 1. The molecule has 3 heterocycles. The van der Waals surface area contributed by atoms with Crippen molar-refractivity contribution >= 4 is 11.8 Å². The molecule has 1 N–H and O–H groups in total. The summed E-state index contributed by atoms with van der Waals surface area (Å²) in [5.74, 6) is -1.77. The summed E-state index contributed by atoms with van der Waals surface area (Å²) in [5.41, 5.74) is 2.60. The van der Waals surface area contributed by atoms with Crippen LogP contribution in [0.25, 0.3) is 11.5 Å². The topological polar surface area (TPSA) is 103 Å². The zero-order valence-electron chi connectivity index (χ0n) is 14.7. The van der Waals surface area contributed by atoms with E-state index in [1.807, 2.05) is 13.0 Å². The molecule has 3 rings (SSSR count). The van der Waals surface area contributed by atoms with Gasteiger partial charge in [0.25, 0.3) is 0 Å². The monoisotopic (exact) mass is 393 g/mol. The molecule has 146 valence electrons. The number of nitrogens with one attached hydrogen (secondary N) is 1. The molecule has 0 radical (unpaired) electrons. The average Bonchev–Trinajstić information content (AvgIpc) is 3.12. The molecule has 0 spiro atoms. The highest BCUT2D eigenvalue weighted by Gasteiger charge is 2.38. The standard InChI is InChI=1S/C17H14F3N5O3/c1-9-3-11(6-21-5-9)8-27-16(26)23-13-7-22-12(4-10(13)2)14-24-15(28-25-14)17(18,19)20/h3-7H,8H2,1-2H3,(H,23,26). The zero-order chi connectivity index (χ0) is 20.3. The van der Waals surface area contributed by atoms with E-state index < -0.39 is 18.2 Å². The minimum absolute atomic E-state index is 0.0359. The molecular formula is C17H14F3N5O3. The molecule has 3 aromatic rings. The largest absolute Gasteiger partial charge is 0.471 e. The Morgan fingerprint density at radius 3 is 2.64 bits per heavy atom. The molecule has 0 aliphatic heterocycles. The van der Waals surface area contributed by atoms with Gasteiger partial charge >= 0.3 is 18.2 Å². The first-order valence-electron chi connectivity index (χ1n) is 7.94. The van der Waals surface area contributed by atoms with E-state index >= 15 is 0 Å². The number of carbonyl (C=O) groups is 1. The molecule has 28 heavy (non-hydrogen) atoms. The van der Waals surface area contributed by atoms with Gasteiger partial charge in [-0.1, -0.05) is 5.16 Å². The van der Waals surface area contributed by atoms with Crippen molar-refractivity contribution in [3.05, 3.63) is 53.3 Å². The molecule has 0 atom stereocenters. The van der Waals surface area contributed by atoms with Crippen molar-refractivity contribution in [1.29, 1.82) is 0 Å². The molecule has 0 saturated carbocycles. The molecular weight excluding hydrogens is 379 g/mol. The maximum absolute atomic E-state index is 12.5. The number of amides is 1. The third-order valence-electron chi connectivity index (χ3n) is 3.55. The molecule has 0 saturated heterocycles.